The Kier molecular flexibility index (Phi) is 5.23. The summed E-state index contributed by atoms with van der Waals surface area (Å²) in [7, 11) is -2.32. The molecule has 1 aliphatic rings. The number of piperidine rings is 1. The van der Waals surface area contributed by atoms with Gasteiger partial charge in [0.05, 0.1) is 22.9 Å². The predicted molar refractivity (Wildman–Crippen MR) is 97.0 cm³/mol. The normalized spacial score (nSPS) is 18.5. The zero-order valence-corrected chi connectivity index (χ0v) is 15.4. The van der Waals surface area contributed by atoms with Crippen molar-refractivity contribution in [3.8, 4) is 0 Å². The molecule has 3 N–H and O–H groups in total. The third-order valence-electron chi connectivity index (χ3n) is 4.16. The Morgan fingerprint density at radius 2 is 2.32 bits per heavy atom. The molecule has 1 unspecified atom stereocenters. The number of esters is 1. The molecule has 25 heavy (non-hydrogen) atoms. The van der Waals surface area contributed by atoms with E-state index in [-0.39, 0.29) is 11.9 Å². The summed E-state index contributed by atoms with van der Waals surface area (Å²) in [6.07, 6.45) is 1.90. The van der Waals surface area contributed by atoms with Crippen LogP contribution < -0.4 is 14.8 Å². The molecule has 1 aromatic carbocycles. The van der Waals surface area contributed by atoms with Crippen LogP contribution in [0.3, 0.4) is 0 Å². The lowest BCUT2D eigenvalue weighted by Crippen LogP contribution is -2.42. The number of hydrogen-bond donors (Lipinski definition) is 2. The van der Waals surface area contributed by atoms with E-state index in [9.17, 15) is 13.2 Å². The number of thiazole rings is 1. The van der Waals surface area contributed by atoms with E-state index in [0.29, 0.717) is 18.7 Å². The Bertz CT molecular complexity index is 881. The van der Waals surface area contributed by atoms with Crippen LogP contribution in [0.1, 0.15) is 23.2 Å². The quantitative estimate of drug-likeness (QED) is 0.746. The van der Waals surface area contributed by atoms with Crippen molar-refractivity contribution in [1.82, 2.24) is 9.71 Å². The van der Waals surface area contributed by atoms with Crippen LogP contribution in [0.15, 0.2) is 18.2 Å². The minimum absolute atomic E-state index is 0.185. The molecule has 0 amide bonds. The average Bonchev–Trinajstić information content (AvgIpc) is 3.02. The highest BCUT2D eigenvalue weighted by atomic mass is 32.2. The average molecular weight is 384 g/mol. The third kappa shape index (κ3) is 4.46. The molecule has 3 rings (SSSR count). The van der Waals surface area contributed by atoms with Crippen molar-refractivity contribution >= 4 is 42.9 Å². The SMILES string of the molecule is COC(=O)c1ccc2sc(N3CCCC(CNS(N)(=O)=O)C3)nc2c1. The van der Waals surface area contributed by atoms with Gasteiger partial charge in [-0.3, -0.25) is 0 Å². The standard InChI is InChI=1S/C15H20N4O4S2/c1-23-14(20)11-4-5-13-12(7-11)18-15(24-13)19-6-2-3-10(9-19)8-17-25(16,21)22/h4-5,7,10,17H,2-3,6,8-9H2,1H3,(H2,16,21,22). The molecule has 0 saturated carbocycles. The lowest BCUT2D eigenvalue weighted by atomic mass is 9.99. The summed E-state index contributed by atoms with van der Waals surface area (Å²) < 4.78 is 30.2. The number of rotatable bonds is 5. The van der Waals surface area contributed by atoms with Gasteiger partial charge in [0.1, 0.15) is 0 Å². The Hall–Kier alpha value is -1.75. The first-order valence-electron chi connectivity index (χ1n) is 7.87. The summed E-state index contributed by atoms with van der Waals surface area (Å²) in [5.41, 5.74) is 1.23. The van der Waals surface area contributed by atoms with Crippen LogP contribution in [0.2, 0.25) is 0 Å². The second kappa shape index (κ2) is 7.24. The monoisotopic (exact) mass is 384 g/mol. The molecule has 8 nitrogen and oxygen atoms in total. The van der Waals surface area contributed by atoms with Crippen LogP contribution >= 0.6 is 11.3 Å². The van der Waals surface area contributed by atoms with Crippen LogP contribution in [0.25, 0.3) is 10.2 Å². The lowest BCUT2D eigenvalue weighted by Gasteiger charge is -2.32. The summed E-state index contributed by atoms with van der Waals surface area (Å²) >= 11 is 1.56. The molecule has 0 bridgehead atoms. The van der Waals surface area contributed by atoms with E-state index in [0.717, 1.165) is 34.7 Å². The van der Waals surface area contributed by atoms with E-state index in [2.05, 4.69) is 14.6 Å². The summed E-state index contributed by atoms with van der Waals surface area (Å²) in [6.45, 7) is 1.91. The number of benzene rings is 1. The van der Waals surface area contributed by atoms with Gasteiger partial charge in [-0.25, -0.2) is 19.6 Å². The van der Waals surface area contributed by atoms with Crippen molar-refractivity contribution in [3.05, 3.63) is 23.8 Å². The number of anilines is 1. The van der Waals surface area contributed by atoms with Crippen molar-refractivity contribution in [1.29, 1.82) is 0 Å². The number of carbonyl (C=O) groups is 1. The minimum atomic E-state index is -3.67. The second-order valence-electron chi connectivity index (χ2n) is 6.02. The van der Waals surface area contributed by atoms with Crippen LogP contribution in [-0.4, -0.2) is 46.1 Å². The molecule has 0 spiro atoms. The van der Waals surface area contributed by atoms with Crippen molar-refractivity contribution < 1.29 is 17.9 Å². The van der Waals surface area contributed by atoms with Crippen molar-refractivity contribution in [2.75, 3.05) is 31.6 Å². The molecule has 10 heteroatoms. The van der Waals surface area contributed by atoms with E-state index < -0.39 is 10.2 Å². The zero-order chi connectivity index (χ0) is 18.0. The highest BCUT2D eigenvalue weighted by Crippen LogP contribution is 2.32. The molecule has 2 aromatic rings. The topological polar surface area (TPSA) is 115 Å². The van der Waals surface area contributed by atoms with Gasteiger partial charge in [-0.2, -0.15) is 8.42 Å². The molecular formula is C15H20N4O4S2. The van der Waals surface area contributed by atoms with Gasteiger partial charge in [0, 0.05) is 19.6 Å². The molecule has 1 aromatic heterocycles. The minimum Gasteiger partial charge on any atom is -0.465 e. The largest absolute Gasteiger partial charge is 0.465 e. The first-order valence-corrected chi connectivity index (χ1v) is 10.2. The van der Waals surface area contributed by atoms with Crippen LogP contribution in [-0.2, 0) is 14.9 Å². The maximum Gasteiger partial charge on any atom is 0.337 e. The lowest BCUT2D eigenvalue weighted by molar-refractivity contribution is 0.0601. The van der Waals surface area contributed by atoms with Crippen molar-refractivity contribution in [2.24, 2.45) is 11.1 Å². The second-order valence-corrected chi connectivity index (χ2v) is 8.41. The predicted octanol–water partition coefficient (Wildman–Crippen LogP) is 1.09. The molecule has 0 radical (unpaired) electrons. The van der Waals surface area contributed by atoms with Gasteiger partial charge >= 0.3 is 5.97 Å². The number of carbonyl (C=O) groups excluding carboxylic acids is 1. The third-order valence-corrected chi connectivity index (χ3v) is 5.83. The fourth-order valence-electron chi connectivity index (χ4n) is 2.93. The molecule has 1 saturated heterocycles. The molecule has 1 fully saturated rings. The molecule has 136 valence electrons. The van der Waals surface area contributed by atoms with Gasteiger partial charge < -0.3 is 9.64 Å². The first kappa shape index (κ1) is 18.1. The summed E-state index contributed by atoms with van der Waals surface area (Å²) in [4.78, 5) is 18.4. The van der Waals surface area contributed by atoms with E-state index in [1.54, 1.807) is 23.5 Å². The number of nitrogens with one attached hydrogen (secondary N) is 1. The molecule has 2 heterocycles. The summed E-state index contributed by atoms with van der Waals surface area (Å²) in [5, 5.41) is 5.87. The smallest absolute Gasteiger partial charge is 0.337 e. The number of ether oxygens (including phenoxy) is 1. The van der Waals surface area contributed by atoms with Crippen molar-refractivity contribution in [3.63, 3.8) is 0 Å². The Balaban J connectivity index is 1.75. The van der Waals surface area contributed by atoms with Gasteiger partial charge in [0.2, 0.25) is 0 Å². The number of fused-ring (bicyclic) bond motifs is 1. The van der Waals surface area contributed by atoms with E-state index in [1.165, 1.54) is 7.11 Å². The van der Waals surface area contributed by atoms with E-state index in [1.807, 2.05) is 6.07 Å². The van der Waals surface area contributed by atoms with Gasteiger partial charge in [0.15, 0.2) is 5.13 Å². The number of nitrogens with zero attached hydrogens (tertiary/aromatic N) is 2. The van der Waals surface area contributed by atoms with Gasteiger partial charge in [-0.05, 0) is 37.0 Å². The molecule has 1 atom stereocenters. The van der Waals surface area contributed by atoms with E-state index >= 15 is 0 Å². The maximum absolute atomic E-state index is 11.6. The highest BCUT2D eigenvalue weighted by Gasteiger charge is 2.23. The fraction of sp³-hybridized carbons (Fsp3) is 0.467. The van der Waals surface area contributed by atoms with Gasteiger partial charge in [0.25, 0.3) is 10.2 Å². The maximum atomic E-state index is 11.6. The number of aromatic nitrogens is 1. The Morgan fingerprint density at radius 3 is 3.04 bits per heavy atom. The van der Waals surface area contributed by atoms with Crippen LogP contribution in [0, 0.1) is 5.92 Å². The molecule has 1 aliphatic heterocycles. The molecule has 0 aliphatic carbocycles. The summed E-state index contributed by atoms with van der Waals surface area (Å²) in [6, 6.07) is 5.32. The number of methoxy groups -OCH3 is 1. The molecular weight excluding hydrogens is 364 g/mol. The fourth-order valence-corrected chi connectivity index (χ4v) is 4.38. The summed E-state index contributed by atoms with van der Waals surface area (Å²) in [5.74, 6) is -0.201. The Morgan fingerprint density at radius 1 is 1.52 bits per heavy atom. The van der Waals surface area contributed by atoms with Crippen LogP contribution in [0.5, 0.6) is 0 Å². The van der Waals surface area contributed by atoms with Gasteiger partial charge in [-0.1, -0.05) is 11.3 Å². The van der Waals surface area contributed by atoms with Crippen molar-refractivity contribution in [2.45, 2.75) is 12.8 Å². The first-order chi connectivity index (χ1) is 11.9. The highest BCUT2D eigenvalue weighted by molar-refractivity contribution is 7.87. The number of nitrogens with two attached hydrogens (primary N) is 1. The van der Waals surface area contributed by atoms with Gasteiger partial charge in [-0.15, -0.1) is 0 Å². The van der Waals surface area contributed by atoms with Crippen LogP contribution in [0.4, 0.5) is 5.13 Å². The van der Waals surface area contributed by atoms with E-state index in [4.69, 9.17) is 9.88 Å². The zero-order valence-electron chi connectivity index (χ0n) is 13.8. The number of hydrogen-bond acceptors (Lipinski definition) is 7. The Labute approximate surface area is 150 Å².